The molecule has 1 N–H and O–H groups in total. The van der Waals surface area contributed by atoms with Gasteiger partial charge in [0.15, 0.2) is 0 Å². The molecule has 0 bridgehead atoms. The summed E-state index contributed by atoms with van der Waals surface area (Å²) >= 11 is 0. The number of piperidine rings is 1. The SMILES string of the molecule is O=C1C(=O)N(C2CCCNC2)c2ccccc21. The zero-order valence-electron chi connectivity index (χ0n) is 9.48. The highest BCUT2D eigenvalue weighted by molar-refractivity contribution is 6.52. The van der Waals surface area contributed by atoms with Crippen molar-refractivity contribution in [1.29, 1.82) is 0 Å². The van der Waals surface area contributed by atoms with Crippen molar-refractivity contribution in [1.82, 2.24) is 5.32 Å². The summed E-state index contributed by atoms with van der Waals surface area (Å²) in [6, 6.07) is 7.36. The highest BCUT2D eigenvalue weighted by Gasteiger charge is 2.39. The summed E-state index contributed by atoms with van der Waals surface area (Å²) in [4.78, 5) is 25.5. The van der Waals surface area contributed by atoms with Crippen molar-refractivity contribution >= 4 is 17.4 Å². The lowest BCUT2D eigenvalue weighted by molar-refractivity contribution is -0.114. The molecule has 2 aliphatic rings. The minimum absolute atomic E-state index is 0.115. The third-order valence-electron chi connectivity index (χ3n) is 3.46. The lowest BCUT2D eigenvalue weighted by Gasteiger charge is -2.31. The van der Waals surface area contributed by atoms with Crippen molar-refractivity contribution in [3.63, 3.8) is 0 Å². The van der Waals surface area contributed by atoms with Crippen LogP contribution in [0.2, 0.25) is 0 Å². The third kappa shape index (κ3) is 1.56. The fourth-order valence-electron chi connectivity index (χ4n) is 2.63. The number of amides is 1. The smallest absolute Gasteiger partial charge is 0.299 e. The maximum absolute atomic E-state index is 12.0. The molecule has 88 valence electrons. The number of rotatable bonds is 1. The number of anilines is 1. The molecule has 1 unspecified atom stereocenters. The summed E-state index contributed by atoms with van der Waals surface area (Å²) in [7, 11) is 0. The number of benzene rings is 1. The predicted molar refractivity (Wildman–Crippen MR) is 64.2 cm³/mol. The summed E-state index contributed by atoms with van der Waals surface area (Å²) in [5.41, 5.74) is 1.32. The lowest BCUT2D eigenvalue weighted by Crippen LogP contribution is -2.48. The minimum atomic E-state index is -0.375. The highest BCUT2D eigenvalue weighted by Crippen LogP contribution is 2.31. The second kappa shape index (κ2) is 3.96. The van der Waals surface area contributed by atoms with E-state index in [1.807, 2.05) is 12.1 Å². The quantitative estimate of drug-likeness (QED) is 0.731. The van der Waals surface area contributed by atoms with E-state index in [-0.39, 0.29) is 17.7 Å². The molecule has 1 atom stereocenters. The van der Waals surface area contributed by atoms with E-state index in [1.165, 1.54) is 0 Å². The molecule has 3 rings (SSSR count). The Hall–Kier alpha value is -1.68. The summed E-state index contributed by atoms with van der Waals surface area (Å²) in [5.74, 6) is -0.744. The first-order valence-corrected chi connectivity index (χ1v) is 5.96. The Balaban J connectivity index is 1.99. The Kier molecular flexibility index (Phi) is 2.44. The van der Waals surface area contributed by atoms with Crippen LogP contribution in [0.25, 0.3) is 0 Å². The third-order valence-corrected chi connectivity index (χ3v) is 3.46. The maximum atomic E-state index is 12.0. The Morgan fingerprint density at radius 1 is 1.24 bits per heavy atom. The van der Waals surface area contributed by atoms with Crippen molar-refractivity contribution in [2.45, 2.75) is 18.9 Å². The molecule has 17 heavy (non-hydrogen) atoms. The van der Waals surface area contributed by atoms with Gasteiger partial charge in [-0.25, -0.2) is 0 Å². The van der Waals surface area contributed by atoms with Gasteiger partial charge in [-0.3, -0.25) is 9.59 Å². The molecule has 1 amide bonds. The molecular formula is C13H14N2O2. The predicted octanol–water partition coefficient (Wildman–Crippen LogP) is 0.968. The van der Waals surface area contributed by atoms with Gasteiger partial charge in [0.25, 0.3) is 11.7 Å². The van der Waals surface area contributed by atoms with Crippen molar-refractivity contribution in [2.75, 3.05) is 18.0 Å². The van der Waals surface area contributed by atoms with Gasteiger partial charge in [0.05, 0.1) is 11.3 Å². The Morgan fingerprint density at radius 2 is 2.06 bits per heavy atom. The second-order valence-corrected chi connectivity index (χ2v) is 4.52. The number of carbonyl (C=O) groups excluding carboxylic acids is 2. The van der Waals surface area contributed by atoms with E-state index >= 15 is 0 Å². The van der Waals surface area contributed by atoms with E-state index in [9.17, 15) is 9.59 Å². The second-order valence-electron chi connectivity index (χ2n) is 4.52. The topological polar surface area (TPSA) is 49.4 Å². The number of ketones is 1. The monoisotopic (exact) mass is 230 g/mol. The summed E-state index contributed by atoms with van der Waals surface area (Å²) < 4.78 is 0. The van der Waals surface area contributed by atoms with Crippen molar-refractivity contribution in [2.24, 2.45) is 0 Å². The highest BCUT2D eigenvalue weighted by atomic mass is 16.2. The van der Waals surface area contributed by atoms with Crippen LogP contribution in [0.4, 0.5) is 5.69 Å². The van der Waals surface area contributed by atoms with E-state index in [2.05, 4.69) is 5.32 Å². The molecule has 4 nitrogen and oxygen atoms in total. The number of fused-ring (bicyclic) bond motifs is 1. The largest absolute Gasteiger partial charge is 0.315 e. The number of hydrogen-bond donors (Lipinski definition) is 1. The first kappa shape index (κ1) is 10.5. The van der Waals surface area contributed by atoms with E-state index in [0.29, 0.717) is 5.56 Å². The average Bonchev–Trinajstić information content (AvgIpc) is 2.64. The van der Waals surface area contributed by atoms with Gasteiger partial charge in [0.1, 0.15) is 0 Å². The number of nitrogens with one attached hydrogen (secondary N) is 1. The van der Waals surface area contributed by atoms with Crippen LogP contribution in [0.5, 0.6) is 0 Å². The molecule has 0 radical (unpaired) electrons. The Bertz CT molecular complexity index is 478. The van der Waals surface area contributed by atoms with Crippen LogP contribution in [0.15, 0.2) is 24.3 Å². The van der Waals surface area contributed by atoms with E-state index in [0.717, 1.165) is 31.6 Å². The number of hydrogen-bond acceptors (Lipinski definition) is 3. The molecule has 2 heterocycles. The molecule has 0 saturated carbocycles. The van der Waals surface area contributed by atoms with Gasteiger partial charge >= 0.3 is 0 Å². The molecule has 1 saturated heterocycles. The first-order valence-electron chi connectivity index (χ1n) is 5.96. The van der Waals surface area contributed by atoms with Crippen LogP contribution in [-0.2, 0) is 4.79 Å². The molecule has 0 aromatic heterocycles. The molecule has 1 aromatic carbocycles. The fourth-order valence-corrected chi connectivity index (χ4v) is 2.63. The molecule has 0 spiro atoms. The van der Waals surface area contributed by atoms with Gasteiger partial charge in [0, 0.05) is 12.6 Å². The number of carbonyl (C=O) groups is 2. The Labute approximate surface area is 99.6 Å². The molecule has 4 heteroatoms. The first-order chi connectivity index (χ1) is 8.29. The minimum Gasteiger partial charge on any atom is -0.315 e. The van der Waals surface area contributed by atoms with Crippen LogP contribution in [-0.4, -0.2) is 30.8 Å². The van der Waals surface area contributed by atoms with Crippen LogP contribution in [0.1, 0.15) is 23.2 Å². The van der Waals surface area contributed by atoms with Gasteiger partial charge in [-0.1, -0.05) is 12.1 Å². The average molecular weight is 230 g/mol. The van der Waals surface area contributed by atoms with Crippen LogP contribution < -0.4 is 10.2 Å². The van der Waals surface area contributed by atoms with Crippen LogP contribution >= 0.6 is 0 Å². The van der Waals surface area contributed by atoms with Gasteiger partial charge in [-0.2, -0.15) is 0 Å². The number of nitrogens with zero attached hydrogens (tertiary/aromatic N) is 1. The summed E-state index contributed by atoms with van der Waals surface area (Å²) in [6.07, 6.45) is 2.01. The molecule has 1 fully saturated rings. The van der Waals surface area contributed by atoms with Gasteiger partial charge in [-0.05, 0) is 31.5 Å². The van der Waals surface area contributed by atoms with Crippen LogP contribution in [0.3, 0.4) is 0 Å². The van der Waals surface area contributed by atoms with E-state index in [1.54, 1.807) is 17.0 Å². The van der Waals surface area contributed by atoms with Gasteiger partial charge < -0.3 is 10.2 Å². The lowest BCUT2D eigenvalue weighted by atomic mass is 10.1. The Morgan fingerprint density at radius 3 is 2.82 bits per heavy atom. The summed E-state index contributed by atoms with van der Waals surface area (Å²) in [5, 5.41) is 3.27. The number of Topliss-reactive ketones (excluding diaryl/α,β-unsaturated/α-hetero) is 1. The molecular weight excluding hydrogens is 216 g/mol. The van der Waals surface area contributed by atoms with E-state index < -0.39 is 0 Å². The zero-order chi connectivity index (χ0) is 11.8. The fraction of sp³-hybridized carbons (Fsp3) is 0.385. The standard InChI is InChI=1S/C13H14N2O2/c16-12-10-5-1-2-6-11(10)15(13(12)17)9-4-3-7-14-8-9/h1-2,5-6,9,14H,3-4,7-8H2. The van der Waals surface area contributed by atoms with Gasteiger partial charge in [0.2, 0.25) is 0 Å². The normalized spacial score (nSPS) is 24.0. The van der Waals surface area contributed by atoms with Crippen LogP contribution in [0, 0.1) is 0 Å². The molecule has 0 aliphatic carbocycles. The molecule has 2 aliphatic heterocycles. The van der Waals surface area contributed by atoms with E-state index in [4.69, 9.17) is 0 Å². The van der Waals surface area contributed by atoms with Crippen molar-refractivity contribution in [3.05, 3.63) is 29.8 Å². The molecule has 1 aromatic rings. The maximum Gasteiger partial charge on any atom is 0.299 e. The number of para-hydroxylation sites is 1. The van der Waals surface area contributed by atoms with Crippen molar-refractivity contribution < 1.29 is 9.59 Å². The zero-order valence-corrected chi connectivity index (χ0v) is 9.48. The van der Waals surface area contributed by atoms with Crippen molar-refractivity contribution in [3.8, 4) is 0 Å². The van der Waals surface area contributed by atoms with Gasteiger partial charge in [-0.15, -0.1) is 0 Å². The summed E-state index contributed by atoms with van der Waals surface area (Å²) in [6.45, 7) is 1.77.